The number of rotatable bonds is 6. The number of benzene rings is 4. The maximum Gasteiger partial charge on any atom is 0.345 e. The summed E-state index contributed by atoms with van der Waals surface area (Å²) in [5.41, 5.74) is -0.484. The summed E-state index contributed by atoms with van der Waals surface area (Å²) in [5, 5.41) is -0.263. The molecule has 4 aromatic carbocycles. The number of halogens is 10. The zero-order chi connectivity index (χ0) is 33.2. The second kappa shape index (κ2) is 11.9. The van der Waals surface area contributed by atoms with Gasteiger partial charge in [0.25, 0.3) is 0 Å². The van der Waals surface area contributed by atoms with E-state index < -0.39 is 50.4 Å². The van der Waals surface area contributed by atoms with E-state index in [0.717, 1.165) is 49.3 Å². The predicted octanol–water partition coefficient (Wildman–Crippen LogP) is 11.8. The van der Waals surface area contributed by atoms with Gasteiger partial charge in [0.05, 0.1) is 16.4 Å². The van der Waals surface area contributed by atoms with Gasteiger partial charge in [0, 0.05) is 16.7 Å². The monoisotopic (exact) mass is 654 g/mol. The van der Waals surface area contributed by atoms with Crippen molar-refractivity contribution in [3.8, 4) is 45.3 Å². The summed E-state index contributed by atoms with van der Waals surface area (Å²) < 4.78 is 136. The van der Waals surface area contributed by atoms with E-state index in [-0.39, 0.29) is 33.1 Å². The van der Waals surface area contributed by atoms with Crippen molar-refractivity contribution in [1.29, 1.82) is 0 Å². The Morgan fingerprint density at radius 2 is 1.16 bits per heavy atom. The molecule has 0 unspecified atom stereocenters. The molecule has 0 spiro atoms. The van der Waals surface area contributed by atoms with Gasteiger partial charge in [-0.15, -0.1) is 0 Å². The molecule has 0 heterocycles. The van der Waals surface area contributed by atoms with Crippen LogP contribution in [0.25, 0.3) is 22.3 Å². The predicted molar refractivity (Wildman–Crippen MR) is 158 cm³/mol. The van der Waals surface area contributed by atoms with Crippen molar-refractivity contribution >= 4 is 10.2 Å². The van der Waals surface area contributed by atoms with Crippen molar-refractivity contribution in [3.05, 3.63) is 118 Å². The highest BCUT2D eigenvalue weighted by Crippen LogP contribution is 2.97. The zero-order valence-corrected chi connectivity index (χ0v) is 24.6. The molecule has 0 aromatic heterocycles. The third-order valence-corrected chi connectivity index (χ3v) is 7.21. The highest BCUT2D eigenvalue weighted by Gasteiger charge is 2.62. The first kappa shape index (κ1) is 33.5. The van der Waals surface area contributed by atoms with Gasteiger partial charge in [0.1, 0.15) is 29.1 Å². The van der Waals surface area contributed by atoms with Gasteiger partial charge in [0.15, 0.2) is 0 Å². The van der Waals surface area contributed by atoms with E-state index in [1.54, 1.807) is 12.1 Å². The highest BCUT2D eigenvalue weighted by molar-refractivity contribution is 8.49. The Balaban J connectivity index is 1.60. The lowest BCUT2D eigenvalue weighted by Gasteiger charge is -2.33. The summed E-state index contributed by atoms with van der Waals surface area (Å²) in [5.74, 6) is -0.0733. The number of hydrogen-bond donors (Lipinski definition) is 0. The Morgan fingerprint density at radius 3 is 1.73 bits per heavy atom. The number of unbranched alkanes of at least 4 members (excludes halogenated alkanes) is 2. The van der Waals surface area contributed by atoms with Gasteiger partial charge >= 0.3 is 10.2 Å². The Hall–Kier alpha value is -4.35. The van der Waals surface area contributed by atoms with Crippen molar-refractivity contribution in [2.24, 2.45) is 0 Å². The molecule has 0 atom stereocenters. The molecule has 0 saturated heterocycles. The minimum absolute atomic E-state index is 0.0178. The molecule has 0 saturated carbocycles. The normalized spacial score (nSPS) is 12.8. The lowest BCUT2D eigenvalue weighted by Crippen LogP contribution is -2.01. The lowest BCUT2D eigenvalue weighted by atomic mass is 9.95. The largest absolute Gasteiger partial charge is 0.345 e. The van der Waals surface area contributed by atoms with Gasteiger partial charge in [-0.1, -0.05) is 75.3 Å². The molecule has 11 heteroatoms. The summed E-state index contributed by atoms with van der Waals surface area (Å²) in [4.78, 5) is 0. The van der Waals surface area contributed by atoms with Crippen LogP contribution in [0.3, 0.4) is 0 Å². The Bertz CT molecular complexity index is 1880. The average Bonchev–Trinajstić information content (AvgIpc) is 2.91. The van der Waals surface area contributed by atoms with Crippen LogP contribution in [0.4, 0.5) is 41.4 Å². The molecule has 236 valence electrons. The number of hydrogen-bond acceptors (Lipinski definition) is 0. The van der Waals surface area contributed by atoms with Crippen LogP contribution in [0.5, 0.6) is 0 Å². The SMILES string of the molecule is CCCCCc1ccc(-c2ccc(-c3cc(C)c(C#Cc4cc(F)c(C#CS(F)(F)(F)(F)F)c(F)c4)c(F)c3)c(F)c2)c(F)c1. The molecule has 0 bridgehead atoms. The summed E-state index contributed by atoms with van der Waals surface area (Å²) in [6.45, 7) is 3.51. The van der Waals surface area contributed by atoms with Crippen molar-refractivity contribution in [2.75, 3.05) is 0 Å². The van der Waals surface area contributed by atoms with Crippen LogP contribution in [0.15, 0.2) is 60.7 Å². The quantitative estimate of drug-likeness (QED) is 0.110. The van der Waals surface area contributed by atoms with Crippen LogP contribution in [-0.2, 0) is 6.42 Å². The molecule has 0 amide bonds. The maximum atomic E-state index is 15.2. The second-order valence-corrected chi connectivity index (χ2v) is 12.5. The summed E-state index contributed by atoms with van der Waals surface area (Å²) >= 11 is 0. The molecule has 0 aliphatic heterocycles. The van der Waals surface area contributed by atoms with Gasteiger partial charge in [-0.05, 0) is 84.3 Å². The minimum atomic E-state index is -10.2. The fourth-order valence-corrected chi connectivity index (χ4v) is 4.84. The van der Waals surface area contributed by atoms with E-state index in [2.05, 4.69) is 18.8 Å². The number of aryl methyl sites for hydroxylation is 2. The van der Waals surface area contributed by atoms with Crippen LogP contribution in [0, 0.1) is 59.0 Å². The van der Waals surface area contributed by atoms with Gasteiger partial charge in [0.2, 0.25) is 0 Å². The lowest BCUT2D eigenvalue weighted by molar-refractivity contribution is 0.388. The first-order chi connectivity index (χ1) is 20.8. The fraction of sp³-hybridized carbons (Fsp3) is 0.176. The van der Waals surface area contributed by atoms with Gasteiger partial charge in [-0.3, -0.25) is 0 Å². The minimum Gasteiger partial charge on any atom is -0.206 e. The van der Waals surface area contributed by atoms with E-state index in [4.69, 9.17) is 0 Å². The summed E-state index contributed by atoms with van der Waals surface area (Å²) in [7, 11) is -10.2. The van der Waals surface area contributed by atoms with Crippen molar-refractivity contribution in [1.82, 2.24) is 0 Å². The van der Waals surface area contributed by atoms with Crippen LogP contribution >= 0.6 is 10.2 Å². The van der Waals surface area contributed by atoms with Crippen LogP contribution in [0.2, 0.25) is 0 Å². The van der Waals surface area contributed by atoms with E-state index in [1.165, 1.54) is 31.2 Å². The molecule has 0 aliphatic carbocycles. The van der Waals surface area contributed by atoms with Crippen molar-refractivity contribution in [2.45, 2.75) is 39.5 Å². The molecule has 0 N–H and O–H groups in total. The van der Waals surface area contributed by atoms with Crippen LogP contribution in [-0.4, -0.2) is 0 Å². The molecule has 0 radical (unpaired) electrons. The first-order valence-electron chi connectivity index (χ1n) is 13.5. The molecule has 0 nitrogen and oxygen atoms in total. The second-order valence-electron chi connectivity index (χ2n) is 10.4. The van der Waals surface area contributed by atoms with E-state index >= 15 is 8.78 Å². The Morgan fingerprint density at radius 1 is 0.578 bits per heavy atom. The molecular weight excluding hydrogens is 630 g/mol. The van der Waals surface area contributed by atoms with Crippen LogP contribution in [0.1, 0.15) is 54.0 Å². The fourth-order valence-electron chi connectivity index (χ4n) is 4.55. The molecule has 4 rings (SSSR count). The molecule has 45 heavy (non-hydrogen) atoms. The van der Waals surface area contributed by atoms with E-state index in [9.17, 15) is 32.6 Å². The highest BCUT2D eigenvalue weighted by atomic mass is 32.5. The van der Waals surface area contributed by atoms with Crippen molar-refractivity contribution in [3.63, 3.8) is 0 Å². The van der Waals surface area contributed by atoms with Gasteiger partial charge in [-0.2, -0.15) is 0 Å². The third-order valence-electron chi connectivity index (χ3n) is 6.72. The summed E-state index contributed by atoms with van der Waals surface area (Å²) in [6, 6.07) is 12.2. The van der Waals surface area contributed by atoms with E-state index in [1.807, 2.05) is 0 Å². The summed E-state index contributed by atoms with van der Waals surface area (Å²) in [6.07, 6.45) is 3.72. The van der Waals surface area contributed by atoms with Gasteiger partial charge in [-0.25, -0.2) is 22.0 Å². The third kappa shape index (κ3) is 8.86. The molecular formula is C34H24F10S. The standard InChI is InChI=1S/C34H24F10S/c1-3-4-5-6-22-7-11-27(30(35)16-22)24-9-12-28(34(39)19-24)25-15-21(2)26(33(38)20-25)10-8-23-17-31(36)29(32(37)18-23)13-14-45(40,41,42,43)44/h7,9,11-12,15-20H,3-6H2,1-2H3. The topological polar surface area (TPSA) is 0 Å². The van der Waals surface area contributed by atoms with Crippen molar-refractivity contribution < 1.29 is 41.4 Å². The molecule has 0 fully saturated rings. The Kier molecular flexibility index (Phi) is 8.84. The molecule has 0 aliphatic rings. The maximum absolute atomic E-state index is 15.2. The zero-order valence-electron chi connectivity index (χ0n) is 23.8. The first-order valence-corrected chi connectivity index (χ1v) is 15.5. The van der Waals surface area contributed by atoms with E-state index in [0.29, 0.717) is 17.7 Å². The average molecular weight is 655 g/mol. The smallest absolute Gasteiger partial charge is 0.206 e. The van der Waals surface area contributed by atoms with Gasteiger partial charge < -0.3 is 0 Å². The van der Waals surface area contributed by atoms with Crippen LogP contribution < -0.4 is 0 Å². The molecule has 4 aromatic rings. The Labute approximate surface area is 253 Å².